The zero-order valence-electron chi connectivity index (χ0n) is 11.6. The number of ether oxygens (including phenoxy) is 1. The van der Waals surface area contributed by atoms with E-state index in [-0.39, 0.29) is 17.9 Å². The Bertz CT molecular complexity index is 500. The number of nitrogens with one attached hydrogen (secondary N) is 2. The van der Waals surface area contributed by atoms with Crippen LogP contribution in [0.1, 0.15) is 19.3 Å². The molecule has 0 atom stereocenters. The van der Waals surface area contributed by atoms with Gasteiger partial charge in [-0.1, -0.05) is 12.1 Å². The third kappa shape index (κ3) is 3.63. The zero-order chi connectivity index (χ0) is 14.5. The topological polar surface area (TPSA) is 91.4 Å². The molecule has 0 radical (unpaired) electrons. The maximum Gasteiger partial charge on any atom is 0.322 e. The summed E-state index contributed by atoms with van der Waals surface area (Å²) >= 11 is 0. The normalized spacial score (nSPS) is 13.7. The van der Waals surface area contributed by atoms with E-state index in [2.05, 4.69) is 5.32 Å². The molecule has 108 valence electrons. The van der Waals surface area contributed by atoms with Crippen LogP contribution >= 0.6 is 0 Å². The smallest absolute Gasteiger partial charge is 0.322 e. The van der Waals surface area contributed by atoms with Gasteiger partial charge in [-0.15, -0.1) is 0 Å². The minimum atomic E-state index is -0.168. The van der Waals surface area contributed by atoms with Gasteiger partial charge in [-0.25, -0.2) is 4.79 Å². The number of hydrogen-bond acceptors (Lipinski definition) is 3. The molecule has 0 aliphatic heterocycles. The predicted octanol–water partition coefficient (Wildman–Crippen LogP) is 2.02. The quantitative estimate of drug-likeness (QED) is 0.548. The Morgan fingerprint density at radius 2 is 2.20 bits per heavy atom. The Balaban J connectivity index is 2.02. The van der Waals surface area contributed by atoms with Crippen molar-refractivity contribution < 1.29 is 9.53 Å². The summed E-state index contributed by atoms with van der Waals surface area (Å²) in [6, 6.07) is 7.39. The first-order chi connectivity index (χ1) is 9.61. The van der Waals surface area contributed by atoms with Crippen molar-refractivity contribution >= 4 is 17.6 Å². The van der Waals surface area contributed by atoms with Crippen LogP contribution in [0.25, 0.3) is 0 Å². The molecule has 1 aliphatic rings. The van der Waals surface area contributed by atoms with Crippen LogP contribution in [0.4, 0.5) is 10.5 Å². The number of nitrogens with two attached hydrogens (primary N) is 1. The second-order valence-corrected chi connectivity index (χ2v) is 4.83. The predicted molar refractivity (Wildman–Crippen MR) is 78.3 cm³/mol. The third-order valence-corrected chi connectivity index (χ3v) is 3.22. The molecule has 1 aromatic rings. The second kappa shape index (κ2) is 6.27. The van der Waals surface area contributed by atoms with Gasteiger partial charge in [0.15, 0.2) is 0 Å². The number of methoxy groups -OCH3 is 1. The summed E-state index contributed by atoms with van der Waals surface area (Å²) < 4.78 is 5.21. The van der Waals surface area contributed by atoms with Crippen LogP contribution in [0.3, 0.4) is 0 Å². The molecule has 2 rings (SSSR count). The lowest BCUT2D eigenvalue weighted by Crippen LogP contribution is -2.38. The Kier molecular flexibility index (Phi) is 4.45. The van der Waals surface area contributed by atoms with Crippen LogP contribution in [0, 0.1) is 5.41 Å². The minimum Gasteiger partial charge on any atom is -0.495 e. The van der Waals surface area contributed by atoms with Gasteiger partial charge in [-0.3, -0.25) is 5.41 Å². The number of rotatable bonds is 6. The highest BCUT2D eigenvalue weighted by atomic mass is 16.5. The lowest BCUT2D eigenvalue weighted by Gasteiger charge is -2.23. The van der Waals surface area contributed by atoms with Crippen molar-refractivity contribution in [2.24, 2.45) is 5.73 Å². The summed E-state index contributed by atoms with van der Waals surface area (Å²) in [7, 11) is 1.57. The van der Waals surface area contributed by atoms with Gasteiger partial charge in [0.2, 0.25) is 0 Å². The molecule has 0 bridgehead atoms. The van der Waals surface area contributed by atoms with Gasteiger partial charge < -0.3 is 20.7 Å². The number of carbonyl (C=O) groups excluding carboxylic acids is 1. The fraction of sp³-hybridized carbons (Fsp3) is 0.429. The molecule has 0 spiro atoms. The van der Waals surface area contributed by atoms with E-state index in [9.17, 15) is 4.79 Å². The van der Waals surface area contributed by atoms with Gasteiger partial charge in [-0.2, -0.15) is 0 Å². The SMILES string of the molecule is COc1ccccc1NC(=O)N(CCC(=N)N)C1CC1. The molecule has 1 aliphatic carbocycles. The molecule has 0 saturated heterocycles. The zero-order valence-corrected chi connectivity index (χ0v) is 11.6. The number of benzene rings is 1. The maximum atomic E-state index is 12.3. The van der Waals surface area contributed by atoms with Gasteiger partial charge in [0, 0.05) is 19.0 Å². The van der Waals surface area contributed by atoms with E-state index < -0.39 is 0 Å². The third-order valence-electron chi connectivity index (χ3n) is 3.22. The Morgan fingerprint density at radius 1 is 1.50 bits per heavy atom. The molecule has 20 heavy (non-hydrogen) atoms. The van der Waals surface area contributed by atoms with Crippen molar-refractivity contribution in [1.29, 1.82) is 5.41 Å². The molecular weight excluding hydrogens is 256 g/mol. The van der Waals surface area contributed by atoms with E-state index in [4.69, 9.17) is 15.9 Å². The fourth-order valence-corrected chi connectivity index (χ4v) is 2.01. The molecule has 0 aromatic heterocycles. The Hall–Kier alpha value is -2.24. The lowest BCUT2D eigenvalue weighted by molar-refractivity contribution is 0.210. The molecule has 6 heteroatoms. The van der Waals surface area contributed by atoms with E-state index in [0.717, 1.165) is 12.8 Å². The number of para-hydroxylation sites is 2. The average Bonchev–Trinajstić information content (AvgIpc) is 3.24. The summed E-state index contributed by atoms with van der Waals surface area (Å²) in [5.74, 6) is 0.726. The van der Waals surface area contributed by atoms with Crippen LogP contribution in [-0.2, 0) is 0 Å². The van der Waals surface area contributed by atoms with E-state index in [1.807, 2.05) is 12.1 Å². The van der Waals surface area contributed by atoms with Crippen LogP contribution in [-0.4, -0.2) is 36.5 Å². The van der Waals surface area contributed by atoms with Gasteiger partial charge in [0.1, 0.15) is 5.75 Å². The summed E-state index contributed by atoms with van der Waals surface area (Å²) in [6.07, 6.45) is 2.42. The molecule has 0 unspecified atom stereocenters. The number of hydrogen-bond donors (Lipinski definition) is 3. The van der Waals surface area contributed by atoms with Crippen molar-refractivity contribution in [3.63, 3.8) is 0 Å². The van der Waals surface area contributed by atoms with E-state index in [0.29, 0.717) is 24.4 Å². The summed E-state index contributed by atoms with van der Waals surface area (Å²) in [6.45, 7) is 0.473. The van der Waals surface area contributed by atoms with Gasteiger partial charge in [-0.05, 0) is 25.0 Å². The number of amidine groups is 1. The van der Waals surface area contributed by atoms with Gasteiger partial charge >= 0.3 is 6.03 Å². The highest BCUT2D eigenvalue weighted by molar-refractivity contribution is 5.91. The Labute approximate surface area is 118 Å². The Morgan fingerprint density at radius 3 is 2.80 bits per heavy atom. The van der Waals surface area contributed by atoms with Crippen molar-refractivity contribution in [2.45, 2.75) is 25.3 Å². The highest BCUT2D eigenvalue weighted by Crippen LogP contribution is 2.29. The van der Waals surface area contributed by atoms with Crippen LogP contribution < -0.4 is 15.8 Å². The van der Waals surface area contributed by atoms with Crippen LogP contribution in [0.5, 0.6) is 5.75 Å². The minimum absolute atomic E-state index is 0.0979. The van der Waals surface area contributed by atoms with Crippen molar-refractivity contribution in [3.8, 4) is 5.75 Å². The fourth-order valence-electron chi connectivity index (χ4n) is 2.01. The molecule has 1 saturated carbocycles. The first-order valence-electron chi connectivity index (χ1n) is 6.65. The van der Waals surface area contributed by atoms with E-state index in [1.165, 1.54) is 0 Å². The maximum absolute atomic E-state index is 12.3. The van der Waals surface area contributed by atoms with Gasteiger partial charge in [0.05, 0.1) is 18.6 Å². The molecule has 4 N–H and O–H groups in total. The van der Waals surface area contributed by atoms with Crippen LogP contribution in [0.15, 0.2) is 24.3 Å². The standard InChI is InChI=1S/C14H20N4O2/c1-20-12-5-3-2-4-11(12)17-14(19)18(10-6-7-10)9-8-13(15)16/h2-5,10H,6-9H2,1H3,(H3,15,16)(H,17,19). The van der Waals surface area contributed by atoms with Crippen LogP contribution in [0.2, 0.25) is 0 Å². The molecule has 0 heterocycles. The largest absolute Gasteiger partial charge is 0.495 e. The number of carbonyl (C=O) groups is 1. The monoisotopic (exact) mass is 276 g/mol. The lowest BCUT2D eigenvalue weighted by atomic mass is 10.3. The van der Waals surface area contributed by atoms with E-state index in [1.54, 1.807) is 24.1 Å². The molecular formula is C14H20N4O2. The number of urea groups is 1. The first-order valence-corrected chi connectivity index (χ1v) is 6.65. The average molecular weight is 276 g/mol. The summed E-state index contributed by atoms with van der Waals surface area (Å²) in [5.41, 5.74) is 6.01. The van der Waals surface area contributed by atoms with Crippen molar-refractivity contribution in [1.82, 2.24) is 4.90 Å². The second-order valence-electron chi connectivity index (χ2n) is 4.83. The number of nitrogens with zero attached hydrogens (tertiary/aromatic N) is 1. The number of anilines is 1. The molecule has 2 amide bonds. The first kappa shape index (κ1) is 14.2. The van der Waals surface area contributed by atoms with Crippen molar-refractivity contribution in [3.05, 3.63) is 24.3 Å². The molecule has 6 nitrogen and oxygen atoms in total. The van der Waals surface area contributed by atoms with Gasteiger partial charge in [0.25, 0.3) is 0 Å². The molecule has 1 fully saturated rings. The summed E-state index contributed by atoms with van der Waals surface area (Å²) in [4.78, 5) is 14.1. The van der Waals surface area contributed by atoms with Crippen molar-refractivity contribution in [2.75, 3.05) is 19.0 Å². The number of amides is 2. The summed E-state index contributed by atoms with van der Waals surface area (Å²) in [5, 5.41) is 10.1. The van der Waals surface area contributed by atoms with E-state index >= 15 is 0 Å². The molecule has 1 aromatic carbocycles. The highest BCUT2D eigenvalue weighted by Gasteiger charge is 2.32.